The number of fused-ring (bicyclic) bond motifs is 1. The zero-order valence-corrected chi connectivity index (χ0v) is 14.9. The molecule has 1 aromatic heterocycles. The molecule has 2 amide bonds. The van der Waals surface area contributed by atoms with Crippen molar-refractivity contribution >= 4 is 44.2 Å². The van der Waals surface area contributed by atoms with Gasteiger partial charge in [-0.1, -0.05) is 43.4 Å². The predicted molar refractivity (Wildman–Crippen MR) is 102 cm³/mol. The molecule has 2 N–H and O–H groups in total. The predicted octanol–water partition coefficient (Wildman–Crippen LogP) is 4.53. The summed E-state index contributed by atoms with van der Waals surface area (Å²) in [6, 6.07) is 14.6. The first-order chi connectivity index (χ1) is 12.0. The van der Waals surface area contributed by atoms with Gasteiger partial charge in [-0.2, -0.15) is 0 Å². The van der Waals surface area contributed by atoms with Gasteiger partial charge in [0, 0.05) is 17.7 Å². The zero-order chi connectivity index (χ0) is 17.8. The van der Waals surface area contributed by atoms with Crippen molar-refractivity contribution in [1.82, 2.24) is 4.98 Å². The molecule has 3 rings (SSSR count). The highest BCUT2D eigenvalue weighted by Gasteiger charge is 2.11. The van der Waals surface area contributed by atoms with Gasteiger partial charge in [-0.05, 0) is 36.2 Å². The lowest BCUT2D eigenvalue weighted by molar-refractivity contribution is -0.116. The molecule has 0 aliphatic carbocycles. The van der Waals surface area contributed by atoms with E-state index in [9.17, 15) is 9.59 Å². The summed E-state index contributed by atoms with van der Waals surface area (Å²) in [5.41, 5.74) is 2.11. The standard InChI is InChI=1S/C19H19N3O2S/c1-12(2)10-17(23)20-14-8-9-15-16(11-14)25-19(21-15)22-18(24)13-6-4-3-5-7-13/h3-9,11-12H,10H2,1-2H3,(H,20,23)(H,21,22,24). The molecule has 0 atom stereocenters. The van der Waals surface area contributed by atoms with Gasteiger partial charge >= 0.3 is 0 Å². The molecule has 0 bridgehead atoms. The monoisotopic (exact) mass is 353 g/mol. The summed E-state index contributed by atoms with van der Waals surface area (Å²) in [7, 11) is 0. The first kappa shape index (κ1) is 17.1. The highest BCUT2D eigenvalue weighted by atomic mass is 32.1. The fourth-order valence-corrected chi connectivity index (χ4v) is 3.30. The van der Waals surface area contributed by atoms with E-state index in [1.807, 2.05) is 50.2 Å². The lowest BCUT2D eigenvalue weighted by Crippen LogP contribution is -2.13. The normalized spacial score (nSPS) is 10.8. The highest BCUT2D eigenvalue weighted by molar-refractivity contribution is 7.22. The van der Waals surface area contributed by atoms with Crippen LogP contribution in [0.1, 0.15) is 30.6 Å². The van der Waals surface area contributed by atoms with Crippen LogP contribution in [0.15, 0.2) is 48.5 Å². The maximum atomic E-state index is 12.2. The van der Waals surface area contributed by atoms with Crippen molar-refractivity contribution < 1.29 is 9.59 Å². The Kier molecular flexibility index (Phi) is 5.09. The minimum Gasteiger partial charge on any atom is -0.326 e. The van der Waals surface area contributed by atoms with E-state index in [4.69, 9.17) is 0 Å². The number of amides is 2. The topological polar surface area (TPSA) is 71.1 Å². The number of carbonyl (C=O) groups is 2. The molecule has 0 spiro atoms. The number of thiazole rings is 1. The number of nitrogens with zero attached hydrogens (tertiary/aromatic N) is 1. The lowest BCUT2D eigenvalue weighted by atomic mass is 10.1. The van der Waals surface area contributed by atoms with E-state index < -0.39 is 0 Å². The molecule has 2 aromatic carbocycles. The Balaban J connectivity index is 1.74. The van der Waals surface area contributed by atoms with Gasteiger partial charge in [0.05, 0.1) is 10.2 Å². The number of aromatic nitrogens is 1. The van der Waals surface area contributed by atoms with Gasteiger partial charge in [0.15, 0.2) is 5.13 Å². The Labute approximate surface area is 150 Å². The Bertz CT molecular complexity index is 903. The number of benzene rings is 2. The Morgan fingerprint density at radius 1 is 1.08 bits per heavy atom. The molecule has 0 saturated heterocycles. The van der Waals surface area contributed by atoms with Crippen LogP contribution < -0.4 is 10.6 Å². The van der Waals surface area contributed by atoms with Crippen LogP contribution in [0.5, 0.6) is 0 Å². The molecule has 3 aromatic rings. The number of hydrogen-bond donors (Lipinski definition) is 2. The summed E-state index contributed by atoms with van der Waals surface area (Å²) >= 11 is 1.38. The molecular formula is C19H19N3O2S. The molecule has 0 aliphatic heterocycles. The van der Waals surface area contributed by atoms with Crippen LogP contribution in [0.2, 0.25) is 0 Å². The first-order valence-electron chi connectivity index (χ1n) is 8.08. The molecule has 0 fully saturated rings. The summed E-state index contributed by atoms with van der Waals surface area (Å²) in [5, 5.41) is 6.25. The van der Waals surface area contributed by atoms with Gasteiger partial charge in [0.25, 0.3) is 5.91 Å². The highest BCUT2D eigenvalue weighted by Crippen LogP contribution is 2.28. The summed E-state index contributed by atoms with van der Waals surface area (Å²) in [4.78, 5) is 28.5. The van der Waals surface area contributed by atoms with E-state index in [1.165, 1.54) is 11.3 Å². The molecule has 6 heteroatoms. The van der Waals surface area contributed by atoms with E-state index in [0.29, 0.717) is 23.0 Å². The third-order valence-corrected chi connectivity index (χ3v) is 4.46. The van der Waals surface area contributed by atoms with Crippen LogP contribution >= 0.6 is 11.3 Å². The van der Waals surface area contributed by atoms with Crippen molar-refractivity contribution in [2.24, 2.45) is 5.92 Å². The van der Waals surface area contributed by atoms with E-state index in [0.717, 1.165) is 15.9 Å². The molecule has 0 saturated carbocycles. The number of hydrogen-bond acceptors (Lipinski definition) is 4. The summed E-state index contributed by atoms with van der Waals surface area (Å²) in [5.74, 6) is 0.119. The maximum Gasteiger partial charge on any atom is 0.257 e. The number of rotatable bonds is 5. The summed E-state index contributed by atoms with van der Waals surface area (Å²) in [6.07, 6.45) is 0.485. The van der Waals surface area contributed by atoms with Crippen molar-refractivity contribution in [1.29, 1.82) is 0 Å². The van der Waals surface area contributed by atoms with Crippen LogP contribution in [0.3, 0.4) is 0 Å². The largest absolute Gasteiger partial charge is 0.326 e. The molecule has 0 aliphatic rings. The van der Waals surface area contributed by atoms with E-state index in [1.54, 1.807) is 12.1 Å². The second-order valence-electron chi connectivity index (χ2n) is 6.17. The average Bonchev–Trinajstić information content (AvgIpc) is 2.96. The fourth-order valence-electron chi connectivity index (χ4n) is 2.40. The van der Waals surface area contributed by atoms with Crippen molar-refractivity contribution in [2.45, 2.75) is 20.3 Å². The number of anilines is 2. The Morgan fingerprint density at radius 2 is 1.84 bits per heavy atom. The van der Waals surface area contributed by atoms with Crippen molar-refractivity contribution in [3.8, 4) is 0 Å². The smallest absolute Gasteiger partial charge is 0.257 e. The van der Waals surface area contributed by atoms with Crippen molar-refractivity contribution in [3.63, 3.8) is 0 Å². The Morgan fingerprint density at radius 3 is 2.56 bits per heavy atom. The average molecular weight is 353 g/mol. The van der Waals surface area contributed by atoms with Crippen molar-refractivity contribution in [3.05, 3.63) is 54.1 Å². The van der Waals surface area contributed by atoms with Crippen molar-refractivity contribution in [2.75, 3.05) is 10.6 Å². The summed E-state index contributed by atoms with van der Waals surface area (Å²) in [6.45, 7) is 4.02. The van der Waals surface area contributed by atoms with Gasteiger partial charge in [0.2, 0.25) is 5.91 Å². The van der Waals surface area contributed by atoms with Gasteiger partial charge in [0.1, 0.15) is 0 Å². The molecule has 1 heterocycles. The molecule has 25 heavy (non-hydrogen) atoms. The first-order valence-corrected chi connectivity index (χ1v) is 8.90. The van der Waals surface area contributed by atoms with Crippen LogP contribution in [-0.4, -0.2) is 16.8 Å². The van der Waals surface area contributed by atoms with E-state index in [2.05, 4.69) is 15.6 Å². The molecule has 0 radical (unpaired) electrons. The van der Waals surface area contributed by atoms with Crippen LogP contribution in [0, 0.1) is 5.92 Å². The minimum atomic E-state index is -0.190. The molecule has 128 valence electrons. The second-order valence-corrected chi connectivity index (χ2v) is 7.20. The molecule has 5 nitrogen and oxygen atoms in total. The van der Waals surface area contributed by atoms with E-state index in [-0.39, 0.29) is 11.8 Å². The maximum absolute atomic E-state index is 12.2. The zero-order valence-electron chi connectivity index (χ0n) is 14.1. The fraction of sp³-hybridized carbons (Fsp3) is 0.211. The minimum absolute atomic E-state index is 0.00327. The number of carbonyl (C=O) groups excluding carboxylic acids is 2. The number of nitrogens with one attached hydrogen (secondary N) is 2. The molecular weight excluding hydrogens is 334 g/mol. The third-order valence-electron chi connectivity index (χ3n) is 3.52. The third kappa shape index (κ3) is 4.42. The lowest BCUT2D eigenvalue weighted by Gasteiger charge is -2.06. The van der Waals surface area contributed by atoms with Gasteiger partial charge in [-0.3, -0.25) is 14.9 Å². The SMILES string of the molecule is CC(C)CC(=O)Nc1ccc2nc(NC(=O)c3ccccc3)sc2c1. The van der Waals surface area contributed by atoms with Crippen LogP contribution in [-0.2, 0) is 4.79 Å². The van der Waals surface area contributed by atoms with Gasteiger partial charge < -0.3 is 5.32 Å². The van der Waals surface area contributed by atoms with Gasteiger partial charge in [-0.15, -0.1) is 0 Å². The molecule has 0 unspecified atom stereocenters. The second kappa shape index (κ2) is 7.44. The summed E-state index contributed by atoms with van der Waals surface area (Å²) < 4.78 is 0.908. The van der Waals surface area contributed by atoms with Crippen LogP contribution in [0.25, 0.3) is 10.2 Å². The van der Waals surface area contributed by atoms with Gasteiger partial charge in [-0.25, -0.2) is 4.98 Å². The van der Waals surface area contributed by atoms with Crippen LogP contribution in [0.4, 0.5) is 10.8 Å². The quantitative estimate of drug-likeness (QED) is 0.708. The Hall–Kier alpha value is -2.73. The van der Waals surface area contributed by atoms with E-state index >= 15 is 0 Å².